The number of benzene rings is 2. The predicted octanol–water partition coefficient (Wildman–Crippen LogP) is 3.91. The molecule has 3 rings (SSSR count). The van der Waals surface area contributed by atoms with Gasteiger partial charge in [-0.05, 0) is 38.1 Å². The van der Waals surface area contributed by atoms with E-state index in [2.05, 4.69) is 15.6 Å². The zero-order chi connectivity index (χ0) is 17.8. The van der Waals surface area contributed by atoms with Crippen LogP contribution in [0, 0.1) is 13.8 Å². The number of nitrogens with one attached hydrogen (secondary N) is 1. The zero-order valence-corrected chi connectivity index (χ0v) is 14.7. The zero-order valence-electron chi connectivity index (χ0n) is 13.9. The standard InChI is InChI=1S/C19H17ClN4O/c1-13-8-10-16(11-9-13)24-18(20)17(14(2)23-24)12-21-22-19(25)15-6-4-3-5-7-15/h3-12H,1-2H3,(H,22,25). The van der Waals surface area contributed by atoms with E-state index >= 15 is 0 Å². The van der Waals surface area contributed by atoms with Crippen molar-refractivity contribution in [3.05, 3.63) is 82.1 Å². The summed E-state index contributed by atoms with van der Waals surface area (Å²) in [5, 5.41) is 8.89. The normalized spacial score (nSPS) is 11.0. The number of rotatable bonds is 4. The molecule has 1 amide bonds. The van der Waals surface area contributed by atoms with E-state index in [1.165, 1.54) is 6.21 Å². The Hall–Kier alpha value is -2.92. The first kappa shape index (κ1) is 16.9. The summed E-state index contributed by atoms with van der Waals surface area (Å²) in [4.78, 5) is 12.0. The fourth-order valence-electron chi connectivity index (χ4n) is 2.32. The van der Waals surface area contributed by atoms with Crippen LogP contribution < -0.4 is 5.43 Å². The fraction of sp³-hybridized carbons (Fsp3) is 0.105. The van der Waals surface area contributed by atoms with Crippen LogP contribution in [0.5, 0.6) is 0 Å². The number of amides is 1. The second-order valence-corrected chi connectivity index (χ2v) is 5.96. The smallest absolute Gasteiger partial charge is 0.267 e. The number of halogens is 1. The monoisotopic (exact) mass is 352 g/mol. The fourth-order valence-corrected chi connectivity index (χ4v) is 2.65. The van der Waals surface area contributed by atoms with Gasteiger partial charge in [0.1, 0.15) is 5.15 Å². The van der Waals surface area contributed by atoms with Crippen molar-refractivity contribution in [2.24, 2.45) is 5.10 Å². The molecule has 0 saturated carbocycles. The molecular weight excluding hydrogens is 336 g/mol. The summed E-state index contributed by atoms with van der Waals surface area (Å²) in [6, 6.07) is 16.8. The SMILES string of the molecule is Cc1ccc(-n2nc(C)c(C=NNC(=O)c3ccccc3)c2Cl)cc1. The van der Waals surface area contributed by atoms with E-state index in [-0.39, 0.29) is 5.91 Å². The Morgan fingerprint density at radius 3 is 2.48 bits per heavy atom. The summed E-state index contributed by atoms with van der Waals surface area (Å²) >= 11 is 6.43. The van der Waals surface area contributed by atoms with Crippen LogP contribution in [0.3, 0.4) is 0 Å². The lowest BCUT2D eigenvalue weighted by Crippen LogP contribution is -2.17. The summed E-state index contributed by atoms with van der Waals surface area (Å²) in [5.41, 5.74) is 6.45. The molecule has 0 atom stereocenters. The van der Waals surface area contributed by atoms with Crippen molar-refractivity contribution in [3.63, 3.8) is 0 Å². The number of aromatic nitrogens is 2. The average molecular weight is 353 g/mol. The number of nitrogens with zero attached hydrogens (tertiary/aromatic N) is 3. The molecule has 0 bridgehead atoms. The molecular formula is C19H17ClN4O. The molecule has 1 N–H and O–H groups in total. The maximum atomic E-state index is 12.0. The van der Waals surface area contributed by atoms with E-state index in [9.17, 15) is 4.79 Å². The lowest BCUT2D eigenvalue weighted by molar-refractivity contribution is 0.0955. The van der Waals surface area contributed by atoms with Crippen LogP contribution in [0.25, 0.3) is 5.69 Å². The number of hydrogen-bond acceptors (Lipinski definition) is 3. The van der Waals surface area contributed by atoms with Crippen LogP contribution in [0.4, 0.5) is 0 Å². The van der Waals surface area contributed by atoms with Gasteiger partial charge < -0.3 is 0 Å². The first-order valence-electron chi connectivity index (χ1n) is 7.77. The molecule has 6 heteroatoms. The Labute approximate surface area is 150 Å². The van der Waals surface area contributed by atoms with Crippen molar-refractivity contribution < 1.29 is 4.79 Å². The van der Waals surface area contributed by atoms with E-state index in [1.807, 2.05) is 44.2 Å². The molecule has 0 fully saturated rings. The summed E-state index contributed by atoms with van der Waals surface area (Å²) in [7, 11) is 0. The van der Waals surface area contributed by atoms with Gasteiger partial charge in [0.2, 0.25) is 0 Å². The summed E-state index contributed by atoms with van der Waals surface area (Å²) in [6.07, 6.45) is 1.51. The highest BCUT2D eigenvalue weighted by Crippen LogP contribution is 2.22. The van der Waals surface area contributed by atoms with Gasteiger partial charge in [-0.2, -0.15) is 10.2 Å². The Balaban J connectivity index is 1.79. The Kier molecular flexibility index (Phi) is 4.95. The number of carbonyl (C=O) groups excluding carboxylic acids is 1. The summed E-state index contributed by atoms with van der Waals surface area (Å²) < 4.78 is 1.65. The van der Waals surface area contributed by atoms with Gasteiger partial charge in [-0.3, -0.25) is 4.79 Å². The molecule has 0 aliphatic rings. The second kappa shape index (κ2) is 7.32. The molecule has 126 valence electrons. The largest absolute Gasteiger partial charge is 0.271 e. The van der Waals surface area contributed by atoms with Crippen LogP contribution in [0.1, 0.15) is 27.2 Å². The van der Waals surface area contributed by atoms with Gasteiger partial charge in [-0.1, -0.05) is 47.5 Å². The first-order chi connectivity index (χ1) is 12.1. The average Bonchev–Trinajstić information content (AvgIpc) is 2.91. The van der Waals surface area contributed by atoms with Crippen LogP contribution in [0.2, 0.25) is 5.15 Å². The highest BCUT2D eigenvalue weighted by molar-refractivity contribution is 6.32. The molecule has 25 heavy (non-hydrogen) atoms. The van der Waals surface area contributed by atoms with Gasteiger partial charge >= 0.3 is 0 Å². The Bertz CT molecular complexity index is 915. The molecule has 0 spiro atoms. The van der Waals surface area contributed by atoms with Crippen molar-refractivity contribution in [1.29, 1.82) is 0 Å². The molecule has 0 radical (unpaired) electrons. The quantitative estimate of drug-likeness (QED) is 0.571. The Morgan fingerprint density at radius 1 is 1.12 bits per heavy atom. The molecule has 0 saturated heterocycles. The first-order valence-corrected chi connectivity index (χ1v) is 8.14. The number of hydrazone groups is 1. The van der Waals surface area contributed by atoms with Crippen LogP contribution in [-0.2, 0) is 0 Å². The third-order valence-corrected chi connectivity index (χ3v) is 4.09. The van der Waals surface area contributed by atoms with Crippen molar-refractivity contribution in [2.45, 2.75) is 13.8 Å². The summed E-state index contributed by atoms with van der Waals surface area (Å²) in [5.74, 6) is -0.281. The lowest BCUT2D eigenvalue weighted by Gasteiger charge is -2.03. The minimum atomic E-state index is -0.281. The van der Waals surface area contributed by atoms with Gasteiger partial charge in [0.15, 0.2) is 0 Å². The van der Waals surface area contributed by atoms with E-state index in [0.717, 1.165) is 16.9 Å². The van der Waals surface area contributed by atoms with Crippen LogP contribution >= 0.6 is 11.6 Å². The molecule has 5 nitrogen and oxygen atoms in total. The molecule has 3 aromatic rings. The van der Waals surface area contributed by atoms with Gasteiger partial charge in [0, 0.05) is 5.56 Å². The van der Waals surface area contributed by atoms with Crippen molar-refractivity contribution in [1.82, 2.24) is 15.2 Å². The van der Waals surface area contributed by atoms with Crippen molar-refractivity contribution in [2.75, 3.05) is 0 Å². The Morgan fingerprint density at radius 2 is 1.80 bits per heavy atom. The van der Waals surface area contributed by atoms with Gasteiger partial charge in [0.05, 0.1) is 23.2 Å². The molecule has 2 aromatic carbocycles. The van der Waals surface area contributed by atoms with Crippen molar-refractivity contribution in [3.8, 4) is 5.69 Å². The summed E-state index contributed by atoms with van der Waals surface area (Å²) in [6.45, 7) is 3.87. The second-order valence-electron chi connectivity index (χ2n) is 5.60. The third-order valence-electron chi connectivity index (χ3n) is 3.72. The molecule has 0 aliphatic carbocycles. The number of aryl methyl sites for hydroxylation is 2. The molecule has 0 unspecified atom stereocenters. The lowest BCUT2D eigenvalue weighted by atomic mass is 10.2. The minimum absolute atomic E-state index is 0.281. The number of hydrogen-bond donors (Lipinski definition) is 1. The predicted molar refractivity (Wildman–Crippen MR) is 99.6 cm³/mol. The highest BCUT2D eigenvalue weighted by atomic mass is 35.5. The molecule has 1 aromatic heterocycles. The van der Waals surface area contributed by atoms with E-state index in [4.69, 9.17) is 11.6 Å². The highest BCUT2D eigenvalue weighted by Gasteiger charge is 2.13. The van der Waals surface area contributed by atoms with E-state index in [1.54, 1.807) is 28.9 Å². The van der Waals surface area contributed by atoms with E-state index < -0.39 is 0 Å². The number of carbonyl (C=O) groups is 1. The van der Waals surface area contributed by atoms with E-state index in [0.29, 0.717) is 16.3 Å². The molecule has 0 aliphatic heterocycles. The minimum Gasteiger partial charge on any atom is -0.267 e. The van der Waals surface area contributed by atoms with Gasteiger partial charge in [-0.25, -0.2) is 10.1 Å². The maximum absolute atomic E-state index is 12.0. The van der Waals surface area contributed by atoms with Gasteiger partial charge in [-0.15, -0.1) is 0 Å². The molecule has 1 heterocycles. The maximum Gasteiger partial charge on any atom is 0.271 e. The van der Waals surface area contributed by atoms with Crippen LogP contribution in [-0.4, -0.2) is 21.9 Å². The third kappa shape index (κ3) is 3.78. The topological polar surface area (TPSA) is 59.3 Å². The van der Waals surface area contributed by atoms with Crippen LogP contribution in [0.15, 0.2) is 59.7 Å². The van der Waals surface area contributed by atoms with Crippen molar-refractivity contribution >= 4 is 23.7 Å². The van der Waals surface area contributed by atoms with Gasteiger partial charge in [0.25, 0.3) is 5.91 Å².